The molecule has 0 N–H and O–H groups in total. The Labute approximate surface area is 128 Å². The molecule has 0 unspecified atom stereocenters. The Morgan fingerprint density at radius 3 is 1.95 bits per heavy atom. The molecule has 1 fully saturated rings. The van der Waals surface area contributed by atoms with E-state index in [4.69, 9.17) is 11.8 Å². The maximum Gasteiger partial charge on any atom is 0.245 e. The Kier molecular flexibility index (Phi) is 5.75. The number of hydrogen-bond donors (Lipinski definition) is 0. The summed E-state index contributed by atoms with van der Waals surface area (Å²) in [4.78, 5) is 14.3. The molecular formula is C13H27Cl2N3O. The number of hydrogen-bond acceptors (Lipinski definition) is 2. The predicted octanol–water partition coefficient (Wildman–Crippen LogP) is -1.10. The maximum atomic E-state index is 12.4. The minimum atomic E-state index is -0.623. The van der Waals surface area contributed by atoms with E-state index in [1.54, 1.807) is 4.42 Å². The van der Waals surface area contributed by atoms with Crippen molar-refractivity contribution in [3.05, 3.63) is 0 Å². The number of amides is 1. The van der Waals surface area contributed by atoms with Crippen LogP contribution in [0.25, 0.3) is 0 Å². The van der Waals surface area contributed by atoms with Gasteiger partial charge in [0.25, 0.3) is 0 Å². The molecule has 0 atom stereocenters. The number of carbonyl (C=O) groups excluding carboxylic acids is 1. The molecule has 0 aromatic heterocycles. The minimum Gasteiger partial charge on any atom is -1.00 e. The standard InChI is InChI=1S/C13H27ClN3O.ClH/c1-12(2)11(18)15(13(3,4)16(12)14)9-8-10-17(5,6)7;/h8-10H2,1-7H3;1H/q+1;/p-1. The molecule has 0 saturated carbocycles. The molecule has 0 radical (unpaired) electrons. The van der Waals surface area contributed by atoms with Gasteiger partial charge in [0.1, 0.15) is 11.2 Å². The van der Waals surface area contributed by atoms with Crippen molar-refractivity contribution in [1.82, 2.24) is 9.32 Å². The lowest BCUT2D eigenvalue weighted by Gasteiger charge is -2.35. The zero-order chi connectivity index (χ0) is 14.4. The second kappa shape index (κ2) is 5.76. The van der Waals surface area contributed by atoms with Gasteiger partial charge in [-0.1, -0.05) is 0 Å². The average molecular weight is 312 g/mol. The number of nitrogens with zero attached hydrogens (tertiary/aromatic N) is 3. The van der Waals surface area contributed by atoms with Crippen LogP contribution in [0, 0.1) is 0 Å². The van der Waals surface area contributed by atoms with Gasteiger partial charge in [-0.05, 0) is 39.5 Å². The van der Waals surface area contributed by atoms with E-state index >= 15 is 0 Å². The molecular weight excluding hydrogens is 285 g/mol. The number of halogens is 2. The molecule has 1 saturated heterocycles. The highest BCUT2D eigenvalue weighted by Crippen LogP contribution is 2.39. The smallest absolute Gasteiger partial charge is 0.245 e. The van der Waals surface area contributed by atoms with Gasteiger partial charge in [0.2, 0.25) is 5.91 Å². The molecule has 1 rings (SSSR count). The largest absolute Gasteiger partial charge is 1.00 e. The van der Waals surface area contributed by atoms with Crippen molar-refractivity contribution in [1.29, 1.82) is 0 Å². The highest BCUT2D eigenvalue weighted by molar-refractivity contribution is 6.17. The Bertz CT molecular complexity index is 337. The minimum absolute atomic E-state index is 0. The summed E-state index contributed by atoms with van der Waals surface area (Å²) in [6, 6.07) is 0. The molecule has 1 aliphatic heterocycles. The summed E-state index contributed by atoms with van der Waals surface area (Å²) in [5, 5.41) is 0. The fourth-order valence-electron chi connectivity index (χ4n) is 2.53. The van der Waals surface area contributed by atoms with E-state index < -0.39 is 11.2 Å². The summed E-state index contributed by atoms with van der Waals surface area (Å²) >= 11 is 6.32. The lowest BCUT2D eigenvalue weighted by atomic mass is 10.1. The van der Waals surface area contributed by atoms with Crippen molar-refractivity contribution in [2.45, 2.75) is 45.3 Å². The van der Waals surface area contributed by atoms with Crippen LogP contribution in [0.5, 0.6) is 0 Å². The first-order chi connectivity index (χ1) is 7.90. The fraction of sp³-hybridized carbons (Fsp3) is 0.923. The van der Waals surface area contributed by atoms with Crippen molar-refractivity contribution in [2.24, 2.45) is 0 Å². The second-order valence-electron chi connectivity index (χ2n) is 7.16. The van der Waals surface area contributed by atoms with Crippen molar-refractivity contribution < 1.29 is 21.7 Å². The molecule has 114 valence electrons. The molecule has 6 heteroatoms. The van der Waals surface area contributed by atoms with Gasteiger partial charge in [-0.3, -0.25) is 4.79 Å². The van der Waals surface area contributed by atoms with Gasteiger partial charge < -0.3 is 21.8 Å². The van der Waals surface area contributed by atoms with Crippen LogP contribution < -0.4 is 12.4 Å². The van der Waals surface area contributed by atoms with E-state index in [-0.39, 0.29) is 18.3 Å². The van der Waals surface area contributed by atoms with E-state index in [2.05, 4.69) is 21.1 Å². The van der Waals surface area contributed by atoms with Crippen LogP contribution in [0.15, 0.2) is 0 Å². The van der Waals surface area contributed by atoms with Gasteiger partial charge in [-0.15, -0.1) is 0 Å². The first-order valence-corrected chi connectivity index (χ1v) is 6.83. The Morgan fingerprint density at radius 1 is 1.16 bits per heavy atom. The zero-order valence-corrected chi connectivity index (χ0v) is 14.6. The van der Waals surface area contributed by atoms with E-state index in [0.717, 1.165) is 24.0 Å². The van der Waals surface area contributed by atoms with Crippen LogP contribution in [-0.2, 0) is 4.79 Å². The molecule has 1 aliphatic rings. The van der Waals surface area contributed by atoms with Gasteiger partial charge in [0.05, 0.1) is 27.7 Å². The summed E-state index contributed by atoms with van der Waals surface area (Å²) in [6.45, 7) is 9.56. The van der Waals surface area contributed by atoms with Gasteiger partial charge in [-0.2, -0.15) is 4.42 Å². The third-order valence-corrected chi connectivity index (χ3v) is 4.45. The Balaban J connectivity index is 0.00000324. The van der Waals surface area contributed by atoms with Crippen LogP contribution in [0.1, 0.15) is 34.1 Å². The van der Waals surface area contributed by atoms with Gasteiger partial charge in [0.15, 0.2) is 0 Å². The normalized spacial score (nSPS) is 22.5. The van der Waals surface area contributed by atoms with Crippen LogP contribution in [0.2, 0.25) is 0 Å². The monoisotopic (exact) mass is 311 g/mol. The first kappa shape index (κ1) is 19.0. The van der Waals surface area contributed by atoms with Crippen molar-refractivity contribution in [3.8, 4) is 0 Å². The first-order valence-electron chi connectivity index (χ1n) is 6.49. The molecule has 1 heterocycles. The van der Waals surface area contributed by atoms with Gasteiger partial charge >= 0.3 is 0 Å². The van der Waals surface area contributed by atoms with E-state index in [0.29, 0.717) is 0 Å². The number of carbonyl (C=O) groups is 1. The summed E-state index contributed by atoms with van der Waals surface area (Å²) in [5.41, 5.74) is -1.05. The SMILES string of the molecule is CC1(C)C(=O)N(CCC[N+](C)(C)C)C(C)(C)N1Cl.[Cl-]. The Morgan fingerprint density at radius 2 is 1.63 bits per heavy atom. The maximum absolute atomic E-state index is 12.4. The second-order valence-corrected chi connectivity index (χ2v) is 7.50. The van der Waals surface area contributed by atoms with Crippen LogP contribution in [0.4, 0.5) is 0 Å². The number of rotatable bonds is 4. The quantitative estimate of drug-likeness (QED) is 0.486. The third-order valence-electron chi connectivity index (χ3n) is 3.61. The van der Waals surface area contributed by atoms with Gasteiger partial charge in [-0.25, -0.2) is 0 Å². The average Bonchev–Trinajstić information content (AvgIpc) is 2.29. The lowest BCUT2D eigenvalue weighted by molar-refractivity contribution is -0.870. The zero-order valence-electron chi connectivity index (χ0n) is 13.1. The molecule has 0 aliphatic carbocycles. The molecule has 0 spiro atoms. The topological polar surface area (TPSA) is 23.6 Å². The highest BCUT2D eigenvalue weighted by atomic mass is 35.5. The predicted molar refractivity (Wildman–Crippen MR) is 75.1 cm³/mol. The van der Waals surface area contributed by atoms with Crippen molar-refractivity contribution >= 4 is 17.7 Å². The summed E-state index contributed by atoms with van der Waals surface area (Å²) in [7, 11) is 6.48. The molecule has 19 heavy (non-hydrogen) atoms. The summed E-state index contributed by atoms with van der Waals surface area (Å²) < 4.78 is 2.56. The van der Waals surface area contributed by atoms with Crippen LogP contribution in [0.3, 0.4) is 0 Å². The Hall–Kier alpha value is -0.0300. The van der Waals surface area contributed by atoms with Gasteiger partial charge in [0, 0.05) is 13.0 Å². The molecule has 1 amide bonds. The molecule has 4 nitrogen and oxygen atoms in total. The van der Waals surface area contributed by atoms with E-state index in [1.807, 2.05) is 32.6 Å². The summed E-state index contributed by atoms with van der Waals surface area (Å²) in [5.74, 6) is 0.115. The van der Waals surface area contributed by atoms with E-state index in [9.17, 15) is 4.79 Å². The lowest BCUT2D eigenvalue weighted by Crippen LogP contribution is -3.00. The highest BCUT2D eigenvalue weighted by Gasteiger charge is 2.55. The summed E-state index contributed by atoms with van der Waals surface area (Å²) in [6.07, 6.45) is 0.986. The van der Waals surface area contributed by atoms with Crippen molar-refractivity contribution in [3.63, 3.8) is 0 Å². The van der Waals surface area contributed by atoms with Crippen LogP contribution >= 0.6 is 11.8 Å². The number of quaternary nitrogens is 1. The van der Waals surface area contributed by atoms with Crippen molar-refractivity contribution in [2.75, 3.05) is 34.2 Å². The fourth-order valence-corrected chi connectivity index (χ4v) is 2.69. The van der Waals surface area contributed by atoms with E-state index in [1.165, 1.54) is 0 Å². The molecule has 0 bridgehead atoms. The van der Waals surface area contributed by atoms with Crippen LogP contribution in [-0.4, -0.2) is 65.1 Å². The molecule has 0 aromatic rings. The molecule has 0 aromatic carbocycles. The third kappa shape index (κ3) is 3.75.